The highest BCUT2D eigenvalue weighted by Crippen LogP contribution is 2.37. The molecule has 48 heavy (non-hydrogen) atoms. The molecular formula is C37H62N2O9. The number of nitrogens with zero attached hydrogens (tertiary/aromatic N) is 2. The van der Waals surface area contributed by atoms with E-state index in [2.05, 4.69) is 4.90 Å². The van der Waals surface area contributed by atoms with Crippen molar-refractivity contribution in [1.82, 2.24) is 9.80 Å². The summed E-state index contributed by atoms with van der Waals surface area (Å²) in [7, 11) is 3.29. The predicted molar refractivity (Wildman–Crippen MR) is 184 cm³/mol. The van der Waals surface area contributed by atoms with E-state index in [1.54, 1.807) is 50.3 Å². The van der Waals surface area contributed by atoms with Crippen LogP contribution in [-0.2, 0) is 23.7 Å². The minimum atomic E-state index is -1.14. The molecular weight excluding hydrogens is 616 g/mol. The van der Waals surface area contributed by atoms with Gasteiger partial charge in [-0.25, -0.2) is 4.79 Å². The molecule has 0 spiro atoms. The van der Waals surface area contributed by atoms with Crippen LogP contribution in [-0.4, -0.2) is 125 Å². The van der Waals surface area contributed by atoms with Crippen LogP contribution in [0.1, 0.15) is 86.5 Å². The fraction of sp³-hybridized carbons (Fsp3) is 0.784. The molecule has 1 amide bonds. The van der Waals surface area contributed by atoms with E-state index in [0.29, 0.717) is 25.8 Å². The molecule has 2 saturated heterocycles. The standard InChI is InChI=1S/C37H62N2O9/c1-9-29(41)27(4)34-30(46-34)24-36(5,44)17-12-13-25(2)33-26(3)14-15-31(37(6,45-8)18-16-28(40)23-32(42)48-33)47-35(43)38(7)21-22-39-19-10-11-20-39/h12-15,17,26-31,33-34,40-41,44H,9-11,16,18-24H2,1-8H3. The van der Waals surface area contributed by atoms with Crippen LogP contribution in [0, 0.1) is 11.8 Å². The monoisotopic (exact) mass is 678 g/mol. The van der Waals surface area contributed by atoms with E-state index in [4.69, 9.17) is 18.9 Å². The van der Waals surface area contributed by atoms with Crippen LogP contribution in [0.25, 0.3) is 0 Å². The lowest BCUT2D eigenvalue weighted by atomic mass is 9.88. The molecule has 11 heteroatoms. The van der Waals surface area contributed by atoms with Gasteiger partial charge in [0.2, 0.25) is 0 Å². The molecule has 3 aliphatic heterocycles. The first kappa shape index (κ1) is 40.2. The van der Waals surface area contributed by atoms with E-state index in [9.17, 15) is 24.9 Å². The Morgan fingerprint density at radius 3 is 2.62 bits per heavy atom. The van der Waals surface area contributed by atoms with Crippen molar-refractivity contribution in [2.45, 2.75) is 134 Å². The average molecular weight is 679 g/mol. The molecule has 0 aromatic carbocycles. The Morgan fingerprint density at radius 1 is 1.29 bits per heavy atom. The summed E-state index contributed by atoms with van der Waals surface area (Å²) in [6, 6.07) is 0. The van der Waals surface area contributed by atoms with Crippen LogP contribution in [0.15, 0.2) is 36.0 Å². The number of allylic oxidation sites excluding steroid dienone is 2. The molecule has 0 aromatic rings. The zero-order chi connectivity index (χ0) is 35.6. The van der Waals surface area contributed by atoms with Crippen LogP contribution in [0.2, 0.25) is 0 Å². The van der Waals surface area contributed by atoms with Crippen molar-refractivity contribution < 1.29 is 43.9 Å². The summed E-state index contributed by atoms with van der Waals surface area (Å²) in [5, 5.41) is 31.9. The Labute approximate surface area is 287 Å². The lowest BCUT2D eigenvalue weighted by molar-refractivity contribution is -0.151. The van der Waals surface area contributed by atoms with Crippen molar-refractivity contribution >= 4 is 12.1 Å². The molecule has 11 nitrogen and oxygen atoms in total. The molecule has 274 valence electrons. The van der Waals surface area contributed by atoms with E-state index >= 15 is 0 Å². The van der Waals surface area contributed by atoms with Gasteiger partial charge < -0.3 is 44.1 Å². The third-order valence-corrected chi connectivity index (χ3v) is 10.3. The van der Waals surface area contributed by atoms with Gasteiger partial charge in [-0.2, -0.15) is 0 Å². The number of cyclic esters (lactones) is 1. The summed E-state index contributed by atoms with van der Waals surface area (Å²) in [4.78, 5) is 30.1. The van der Waals surface area contributed by atoms with Gasteiger partial charge in [0.15, 0.2) is 6.10 Å². The van der Waals surface area contributed by atoms with Crippen molar-refractivity contribution in [2.24, 2.45) is 11.8 Å². The second-order valence-electron chi connectivity index (χ2n) is 14.6. The molecule has 10 atom stereocenters. The molecule has 0 radical (unpaired) electrons. The van der Waals surface area contributed by atoms with Crippen LogP contribution >= 0.6 is 0 Å². The van der Waals surface area contributed by atoms with Crippen molar-refractivity contribution in [2.75, 3.05) is 40.3 Å². The van der Waals surface area contributed by atoms with Crippen molar-refractivity contribution in [3.63, 3.8) is 0 Å². The van der Waals surface area contributed by atoms with Gasteiger partial charge in [-0.15, -0.1) is 0 Å². The Kier molecular flexibility index (Phi) is 15.1. The maximum absolute atomic E-state index is 13.2. The second kappa shape index (κ2) is 18.1. The topological polar surface area (TPSA) is 142 Å². The summed E-state index contributed by atoms with van der Waals surface area (Å²) in [5.41, 5.74) is -1.35. The summed E-state index contributed by atoms with van der Waals surface area (Å²) in [6.07, 6.45) is 9.27. The number of rotatable bonds is 13. The highest BCUT2D eigenvalue weighted by atomic mass is 16.6. The van der Waals surface area contributed by atoms with Gasteiger partial charge >= 0.3 is 12.1 Å². The number of likely N-dealkylation sites (tertiary alicyclic amines) is 1. The first-order valence-corrected chi connectivity index (χ1v) is 17.8. The Morgan fingerprint density at radius 2 is 1.98 bits per heavy atom. The van der Waals surface area contributed by atoms with Crippen LogP contribution in [0.5, 0.6) is 0 Å². The molecule has 2 fully saturated rings. The van der Waals surface area contributed by atoms with E-state index in [1.165, 1.54) is 12.8 Å². The number of esters is 1. The maximum atomic E-state index is 13.2. The summed E-state index contributed by atoms with van der Waals surface area (Å²) < 4.78 is 23.6. The molecule has 3 rings (SSSR count). The van der Waals surface area contributed by atoms with Crippen LogP contribution in [0.4, 0.5) is 4.79 Å². The number of aliphatic hydroxyl groups excluding tert-OH is 2. The largest absolute Gasteiger partial charge is 0.457 e. The molecule has 10 unspecified atom stereocenters. The number of hydrogen-bond donors (Lipinski definition) is 3. The molecule has 3 heterocycles. The van der Waals surface area contributed by atoms with E-state index in [1.807, 2.05) is 40.7 Å². The number of aliphatic hydroxyl groups is 3. The number of likely N-dealkylation sites (N-methyl/N-ethyl adjacent to an activating group) is 1. The van der Waals surface area contributed by atoms with Gasteiger partial charge in [0.25, 0.3) is 0 Å². The molecule has 0 saturated carbocycles. The molecule has 0 bridgehead atoms. The zero-order valence-electron chi connectivity index (χ0n) is 30.5. The third kappa shape index (κ3) is 11.9. The van der Waals surface area contributed by atoms with Crippen molar-refractivity contribution in [3.8, 4) is 0 Å². The van der Waals surface area contributed by atoms with Crippen LogP contribution < -0.4 is 0 Å². The van der Waals surface area contributed by atoms with Gasteiger partial charge in [-0.05, 0) is 77.6 Å². The van der Waals surface area contributed by atoms with Gasteiger partial charge in [-0.3, -0.25) is 4.79 Å². The fourth-order valence-corrected chi connectivity index (χ4v) is 6.60. The summed E-state index contributed by atoms with van der Waals surface area (Å²) in [6.45, 7) is 14.7. The molecule has 0 aliphatic carbocycles. The Balaban J connectivity index is 1.75. The lowest BCUT2D eigenvalue weighted by Gasteiger charge is -2.36. The number of carbonyl (C=O) groups excluding carboxylic acids is 2. The van der Waals surface area contributed by atoms with Gasteiger partial charge in [0, 0.05) is 45.5 Å². The van der Waals surface area contributed by atoms with E-state index in [0.717, 1.165) is 25.2 Å². The minimum Gasteiger partial charge on any atom is -0.457 e. The third-order valence-electron chi connectivity index (χ3n) is 10.3. The smallest absolute Gasteiger partial charge is 0.410 e. The number of amides is 1. The maximum Gasteiger partial charge on any atom is 0.410 e. The number of hydrogen-bond acceptors (Lipinski definition) is 10. The van der Waals surface area contributed by atoms with Crippen molar-refractivity contribution in [3.05, 3.63) is 36.0 Å². The second-order valence-corrected chi connectivity index (χ2v) is 14.6. The predicted octanol–water partition coefficient (Wildman–Crippen LogP) is 4.39. The zero-order valence-corrected chi connectivity index (χ0v) is 30.5. The number of carbonyl (C=O) groups is 2. The Bertz CT molecular complexity index is 1130. The summed E-state index contributed by atoms with van der Waals surface area (Å²) >= 11 is 0. The van der Waals surface area contributed by atoms with E-state index in [-0.39, 0.29) is 36.9 Å². The van der Waals surface area contributed by atoms with Gasteiger partial charge in [0.1, 0.15) is 11.7 Å². The lowest BCUT2D eigenvalue weighted by Crippen LogP contribution is -2.46. The number of epoxide rings is 1. The molecule has 3 N–H and O–H groups in total. The number of methoxy groups -OCH3 is 1. The molecule has 3 aliphatic rings. The highest BCUT2D eigenvalue weighted by molar-refractivity contribution is 5.70. The molecule has 0 aromatic heterocycles. The minimum absolute atomic E-state index is 0.00340. The van der Waals surface area contributed by atoms with Gasteiger partial charge in [-0.1, -0.05) is 45.1 Å². The Hall–Kier alpha value is -2.28. The normalized spacial score (nSPS) is 33.3. The van der Waals surface area contributed by atoms with Crippen LogP contribution in [0.3, 0.4) is 0 Å². The van der Waals surface area contributed by atoms with E-state index < -0.39 is 47.7 Å². The number of ether oxygens (including phenoxy) is 4. The first-order valence-electron chi connectivity index (χ1n) is 17.8. The SMILES string of the molecule is CCC(O)C(C)C1OC1CC(C)(O)C=CC=C(C)C1OC(=O)CC(O)CCC(C)(OC)C(OC(=O)N(C)CCN2CCCC2)C=CC1C. The van der Waals surface area contributed by atoms with Gasteiger partial charge in [0.05, 0.1) is 36.4 Å². The fourth-order valence-electron chi connectivity index (χ4n) is 6.60. The summed E-state index contributed by atoms with van der Waals surface area (Å²) in [5.74, 6) is -0.839. The van der Waals surface area contributed by atoms with Crippen molar-refractivity contribution in [1.29, 1.82) is 0 Å². The highest BCUT2D eigenvalue weighted by Gasteiger charge is 2.47. The quantitative estimate of drug-likeness (QED) is 0.111. The first-order chi connectivity index (χ1) is 22.6. The average Bonchev–Trinajstić information content (AvgIpc) is 3.58.